The first-order valence-corrected chi connectivity index (χ1v) is 8.20. The lowest BCUT2D eigenvalue weighted by molar-refractivity contribution is 0.102. The molecule has 0 aliphatic heterocycles. The van der Waals surface area contributed by atoms with Crippen LogP contribution in [0.1, 0.15) is 42.6 Å². The van der Waals surface area contributed by atoms with Crippen LogP contribution in [0.15, 0.2) is 42.7 Å². The van der Waals surface area contributed by atoms with Gasteiger partial charge in [-0.2, -0.15) is 0 Å². The van der Waals surface area contributed by atoms with Crippen LogP contribution >= 0.6 is 0 Å². The molecule has 0 radical (unpaired) electrons. The van der Waals surface area contributed by atoms with Gasteiger partial charge in [0, 0.05) is 25.5 Å². The van der Waals surface area contributed by atoms with Crippen molar-refractivity contribution in [1.82, 2.24) is 4.98 Å². The molecule has 1 heterocycles. The smallest absolute Gasteiger partial charge is 0.257 e. The van der Waals surface area contributed by atoms with Crippen molar-refractivity contribution in [2.45, 2.75) is 33.1 Å². The van der Waals surface area contributed by atoms with Crippen molar-refractivity contribution in [3.8, 4) is 0 Å². The highest BCUT2D eigenvalue weighted by molar-refractivity contribution is 6.04. The van der Waals surface area contributed by atoms with Gasteiger partial charge in [-0.15, -0.1) is 0 Å². The maximum absolute atomic E-state index is 12.4. The molecule has 0 saturated heterocycles. The first-order chi connectivity index (χ1) is 11.1. The first kappa shape index (κ1) is 17.0. The second-order valence-electron chi connectivity index (χ2n) is 5.71. The Bertz CT molecular complexity index is 637. The lowest BCUT2D eigenvalue weighted by atomic mass is 10.1. The Labute approximate surface area is 138 Å². The SMILES string of the molecule is CCCCN(C)c1cncc(C(=O)Nc2ccc(CC)cc2)c1. The topological polar surface area (TPSA) is 45.2 Å². The van der Waals surface area contributed by atoms with E-state index in [0.717, 1.165) is 37.2 Å². The number of hydrogen-bond donors (Lipinski definition) is 1. The Morgan fingerprint density at radius 3 is 2.57 bits per heavy atom. The summed E-state index contributed by atoms with van der Waals surface area (Å²) >= 11 is 0. The highest BCUT2D eigenvalue weighted by Crippen LogP contribution is 2.16. The van der Waals surface area contributed by atoms with E-state index in [9.17, 15) is 4.79 Å². The summed E-state index contributed by atoms with van der Waals surface area (Å²) in [5, 5.41) is 2.92. The minimum atomic E-state index is -0.132. The third kappa shape index (κ3) is 4.81. The molecule has 0 spiro atoms. The summed E-state index contributed by atoms with van der Waals surface area (Å²) in [6.45, 7) is 5.24. The molecule has 0 aliphatic carbocycles. The lowest BCUT2D eigenvalue weighted by Gasteiger charge is -2.19. The van der Waals surface area contributed by atoms with Gasteiger partial charge in [-0.25, -0.2) is 0 Å². The number of benzene rings is 1. The van der Waals surface area contributed by atoms with Gasteiger partial charge in [-0.05, 0) is 36.6 Å². The van der Waals surface area contributed by atoms with Crippen LogP contribution in [0.4, 0.5) is 11.4 Å². The number of pyridine rings is 1. The molecule has 0 saturated carbocycles. The predicted molar refractivity (Wildman–Crippen MR) is 96.2 cm³/mol. The number of nitrogens with zero attached hydrogens (tertiary/aromatic N) is 2. The number of hydrogen-bond acceptors (Lipinski definition) is 3. The van der Waals surface area contributed by atoms with Crippen molar-refractivity contribution in [3.63, 3.8) is 0 Å². The standard InChI is InChI=1S/C19H25N3O/c1-4-6-11-22(3)18-12-16(13-20-14-18)19(23)21-17-9-7-15(5-2)8-10-17/h7-10,12-14H,4-6,11H2,1-3H3,(H,21,23). The highest BCUT2D eigenvalue weighted by atomic mass is 16.1. The molecule has 0 atom stereocenters. The highest BCUT2D eigenvalue weighted by Gasteiger charge is 2.09. The second-order valence-corrected chi connectivity index (χ2v) is 5.71. The van der Waals surface area contributed by atoms with E-state index in [0.29, 0.717) is 5.56 Å². The number of nitrogens with one attached hydrogen (secondary N) is 1. The molecule has 1 aromatic carbocycles. The number of amides is 1. The Kier molecular flexibility index (Phi) is 6.15. The summed E-state index contributed by atoms with van der Waals surface area (Å²) in [5.74, 6) is -0.132. The Balaban J connectivity index is 2.06. The molecule has 2 aromatic rings. The minimum Gasteiger partial charge on any atom is -0.373 e. The van der Waals surface area contributed by atoms with Gasteiger partial charge >= 0.3 is 0 Å². The largest absolute Gasteiger partial charge is 0.373 e. The first-order valence-electron chi connectivity index (χ1n) is 8.20. The maximum Gasteiger partial charge on any atom is 0.257 e. The van der Waals surface area contributed by atoms with E-state index in [4.69, 9.17) is 0 Å². The fourth-order valence-electron chi connectivity index (χ4n) is 2.31. The van der Waals surface area contributed by atoms with Gasteiger partial charge in [0.2, 0.25) is 0 Å². The molecule has 122 valence electrons. The summed E-state index contributed by atoms with van der Waals surface area (Å²) in [6, 6.07) is 9.81. The molecule has 4 heteroatoms. The van der Waals surface area contributed by atoms with Crippen LogP contribution in [0.5, 0.6) is 0 Å². The molecular weight excluding hydrogens is 286 g/mol. The van der Waals surface area contributed by atoms with E-state index in [1.807, 2.05) is 37.4 Å². The third-order valence-corrected chi connectivity index (χ3v) is 3.89. The molecule has 0 unspecified atom stereocenters. The fraction of sp³-hybridized carbons (Fsp3) is 0.368. The normalized spacial score (nSPS) is 10.4. The van der Waals surface area contributed by atoms with Crippen molar-refractivity contribution in [2.24, 2.45) is 0 Å². The monoisotopic (exact) mass is 311 g/mol. The van der Waals surface area contributed by atoms with Crippen LogP contribution in [-0.4, -0.2) is 24.5 Å². The van der Waals surface area contributed by atoms with Gasteiger partial charge in [0.1, 0.15) is 0 Å². The van der Waals surface area contributed by atoms with Crippen LogP contribution in [0.3, 0.4) is 0 Å². The van der Waals surface area contributed by atoms with E-state index in [1.54, 1.807) is 12.4 Å². The lowest BCUT2D eigenvalue weighted by Crippen LogP contribution is -2.19. The number of aryl methyl sites for hydroxylation is 1. The molecule has 0 fully saturated rings. The second kappa shape index (κ2) is 8.32. The van der Waals surface area contributed by atoms with Gasteiger partial charge in [-0.3, -0.25) is 9.78 Å². The molecule has 1 N–H and O–H groups in total. The van der Waals surface area contributed by atoms with Crippen LogP contribution in [0, 0.1) is 0 Å². The summed E-state index contributed by atoms with van der Waals surface area (Å²) < 4.78 is 0. The fourth-order valence-corrected chi connectivity index (χ4v) is 2.31. The average molecular weight is 311 g/mol. The Morgan fingerprint density at radius 1 is 1.17 bits per heavy atom. The average Bonchev–Trinajstić information content (AvgIpc) is 2.60. The van der Waals surface area contributed by atoms with Crippen molar-refractivity contribution < 1.29 is 4.79 Å². The zero-order valence-electron chi connectivity index (χ0n) is 14.2. The van der Waals surface area contributed by atoms with Crippen molar-refractivity contribution in [3.05, 3.63) is 53.9 Å². The molecule has 1 aromatic heterocycles. The van der Waals surface area contributed by atoms with Gasteiger partial charge in [0.05, 0.1) is 17.4 Å². The molecule has 2 rings (SSSR count). The summed E-state index contributed by atoms with van der Waals surface area (Å²) in [5.41, 5.74) is 3.60. The summed E-state index contributed by atoms with van der Waals surface area (Å²) in [7, 11) is 2.03. The molecule has 0 aliphatic rings. The Morgan fingerprint density at radius 2 is 1.91 bits per heavy atom. The number of carbonyl (C=O) groups excluding carboxylic acids is 1. The number of anilines is 2. The van der Waals surface area contributed by atoms with Crippen LogP contribution < -0.4 is 10.2 Å². The van der Waals surface area contributed by atoms with Gasteiger partial charge in [0.25, 0.3) is 5.91 Å². The Hall–Kier alpha value is -2.36. The molecular formula is C19H25N3O. The zero-order chi connectivity index (χ0) is 16.7. The van der Waals surface area contributed by atoms with E-state index < -0.39 is 0 Å². The number of rotatable bonds is 7. The maximum atomic E-state index is 12.4. The van der Waals surface area contributed by atoms with Gasteiger partial charge < -0.3 is 10.2 Å². The van der Waals surface area contributed by atoms with E-state index in [-0.39, 0.29) is 5.91 Å². The van der Waals surface area contributed by atoms with Crippen LogP contribution in [0.25, 0.3) is 0 Å². The summed E-state index contributed by atoms with van der Waals surface area (Å²) in [6.07, 6.45) is 6.65. The zero-order valence-corrected chi connectivity index (χ0v) is 14.2. The number of aromatic nitrogens is 1. The van der Waals surface area contributed by atoms with Gasteiger partial charge in [-0.1, -0.05) is 32.4 Å². The molecule has 4 nitrogen and oxygen atoms in total. The minimum absolute atomic E-state index is 0.132. The van der Waals surface area contributed by atoms with Crippen molar-refractivity contribution >= 4 is 17.3 Å². The quantitative estimate of drug-likeness (QED) is 0.836. The van der Waals surface area contributed by atoms with Crippen molar-refractivity contribution in [1.29, 1.82) is 0 Å². The van der Waals surface area contributed by atoms with E-state index in [2.05, 4.69) is 29.0 Å². The van der Waals surface area contributed by atoms with Gasteiger partial charge in [0.15, 0.2) is 0 Å². The van der Waals surface area contributed by atoms with Crippen LogP contribution in [0.2, 0.25) is 0 Å². The van der Waals surface area contributed by atoms with E-state index >= 15 is 0 Å². The molecule has 1 amide bonds. The molecule has 23 heavy (non-hydrogen) atoms. The number of carbonyl (C=O) groups is 1. The molecule has 0 bridgehead atoms. The predicted octanol–water partition coefficient (Wildman–Crippen LogP) is 4.13. The van der Waals surface area contributed by atoms with Crippen LogP contribution in [-0.2, 0) is 6.42 Å². The van der Waals surface area contributed by atoms with E-state index in [1.165, 1.54) is 5.56 Å². The van der Waals surface area contributed by atoms with Crippen molar-refractivity contribution in [2.75, 3.05) is 23.8 Å². The number of unbranched alkanes of at least 4 members (excludes halogenated alkanes) is 1. The third-order valence-electron chi connectivity index (χ3n) is 3.89. The summed E-state index contributed by atoms with van der Waals surface area (Å²) in [4.78, 5) is 18.7.